The van der Waals surface area contributed by atoms with E-state index < -0.39 is 0 Å². The monoisotopic (exact) mass is 514 g/mol. The van der Waals surface area contributed by atoms with Crippen molar-refractivity contribution in [3.63, 3.8) is 0 Å². The van der Waals surface area contributed by atoms with Gasteiger partial charge in [0.05, 0.1) is 0 Å². The van der Waals surface area contributed by atoms with E-state index in [2.05, 4.69) is 25.9 Å². The van der Waals surface area contributed by atoms with E-state index in [1.54, 1.807) is 13.2 Å². The van der Waals surface area contributed by atoms with Gasteiger partial charge in [-0.3, -0.25) is 9.79 Å². The summed E-state index contributed by atoms with van der Waals surface area (Å²) < 4.78 is 0. The van der Waals surface area contributed by atoms with Gasteiger partial charge in [-0.05, 0) is 44.2 Å². The molecule has 0 aromatic carbocycles. The third-order valence-electron chi connectivity index (χ3n) is 5.64. The molecule has 1 aromatic rings. The Kier molecular flexibility index (Phi) is 10.5. The topological polar surface area (TPSA) is 81.7 Å². The third-order valence-corrected chi connectivity index (χ3v) is 5.64. The van der Waals surface area contributed by atoms with E-state index in [9.17, 15) is 4.79 Å². The molecule has 1 saturated heterocycles. The zero-order chi connectivity index (χ0) is 19.6. The van der Waals surface area contributed by atoms with E-state index in [-0.39, 0.29) is 29.9 Å². The van der Waals surface area contributed by atoms with Gasteiger partial charge >= 0.3 is 0 Å². The van der Waals surface area contributed by atoms with Crippen LogP contribution in [0.25, 0.3) is 0 Å². The van der Waals surface area contributed by atoms with E-state index in [0.717, 1.165) is 70.1 Å². The molecular formula is C21H35IN6O. The first-order chi connectivity index (χ1) is 13.8. The molecule has 1 aliphatic carbocycles. The average molecular weight is 514 g/mol. The average Bonchev–Trinajstić information content (AvgIpc) is 3.42. The number of guanidine groups is 1. The molecular weight excluding hydrogens is 479 g/mol. The second-order valence-corrected chi connectivity index (χ2v) is 7.74. The van der Waals surface area contributed by atoms with Crippen molar-refractivity contribution in [3.05, 3.63) is 24.4 Å². The lowest BCUT2D eigenvalue weighted by Crippen LogP contribution is -2.45. The lowest BCUT2D eigenvalue weighted by atomic mass is 10.1. The summed E-state index contributed by atoms with van der Waals surface area (Å²) in [5.74, 6) is 2.39. The van der Waals surface area contributed by atoms with Crippen molar-refractivity contribution in [1.82, 2.24) is 20.5 Å². The molecule has 8 heteroatoms. The van der Waals surface area contributed by atoms with Gasteiger partial charge in [0.25, 0.3) is 0 Å². The minimum absolute atomic E-state index is 0. The smallest absolute Gasteiger partial charge is 0.225 e. The molecule has 0 radical (unpaired) electrons. The molecule has 1 saturated carbocycles. The number of likely N-dealkylation sites (tertiary alicyclic amines) is 1. The molecule has 2 fully saturated rings. The summed E-state index contributed by atoms with van der Waals surface area (Å²) in [6.07, 6.45) is 9.47. The number of anilines is 1. The number of halogens is 1. The molecule has 1 unspecified atom stereocenters. The Bertz CT molecular complexity index is 635. The summed E-state index contributed by atoms with van der Waals surface area (Å²) in [4.78, 5) is 23.2. The molecule has 3 N–H and O–H groups in total. The number of carbonyl (C=O) groups excluding carboxylic acids is 1. The molecule has 29 heavy (non-hydrogen) atoms. The number of amides is 1. The molecule has 2 aliphatic rings. The van der Waals surface area contributed by atoms with Crippen LogP contribution >= 0.6 is 24.0 Å². The fourth-order valence-electron chi connectivity index (χ4n) is 4.04. The number of hydrogen-bond donors (Lipinski definition) is 3. The molecule has 7 nitrogen and oxygen atoms in total. The number of pyridine rings is 1. The predicted octanol–water partition coefficient (Wildman–Crippen LogP) is 2.85. The zero-order valence-corrected chi connectivity index (χ0v) is 19.7. The van der Waals surface area contributed by atoms with Crippen LogP contribution in [0.2, 0.25) is 0 Å². The Balaban J connectivity index is 0.00000300. The fraction of sp³-hybridized carbons (Fsp3) is 0.667. The maximum absolute atomic E-state index is 12.6. The second-order valence-electron chi connectivity index (χ2n) is 7.74. The van der Waals surface area contributed by atoms with Crippen LogP contribution in [0.4, 0.5) is 5.82 Å². The van der Waals surface area contributed by atoms with E-state index in [1.807, 2.05) is 23.1 Å². The summed E-state index contributed by atoms with van der Waals surface area (Å²) in [7, 11) is 1.80. The van der Waals surface area contributed by atoms with Gasteiger partial charge in [0.15, 0.2) is 5.96 Å². The van der Waals surface area contributed by atoms with Gasteiger partial charge in [0.2, 0.25) is 5.91 Å². The van der Waals surface area contributed by atoms with Crippen molar-refractivity contribution in [1.29, 1.82) is 0 Å². The molecule has 1 aliphatic heterocycles. The fourth-order valence-corrected chi connectivity index (χ4v) is 4.04. The quantitative estimate of drug-likeness (QED) is 0.215. The highest BCUT2D eigenvalue weighted by Crippen LogP contribution is 2.27. The van der Waals surface area contributed by atoms with E-state index in [1.165, 1.54) is 12.8 Å². The highest BCUT2D eigenvalue weighted by molar-refractivity contribution is 14.0. The van der Waals surface area contributed by atoms with Crippen LogP contribution in [-0.4, -0.2) is 61.0 Å². The van der Waals surface area contributed by atoms with Crippen LogP contribution in [-0.2, 0) is 4.79 Å². The molecule has 0 bridgehead atoms. The molecule has 1 amide bonds. The molecule has 3 rings (SSSR count). The standard InChI is InChI=1S/C21H34N6O.HI/c1-22-21(25-14-7-6-13-24-19-10-4-5-12-23-19)26-18-11-15-27(16-18)20(28)17-8-2-3-9-17;/h4-5,10,12,17-18H,2-3,6-9,11,13-16H2,1H3,(H,23,24)(H2,22,25,26);1H. The number of nitrogens with one attached hydrogen (secondary N) is 3. The molecule has 1 atom stereocenters. The van der Waals surface area contributed by atoms with Gasteiger partial charge in [-0.2, -0.15) is 0 Å². The van der Waals surface area contributed by atoms with Gasteiger partial charge in [0.1, 0.15) is 5.82 Å². The Morgan fingerprint density at radius 3 is 2.72 bits per heavy atom. The van der Waals surface area contributed by atoms with Gasteiger partial charge in [-0.25, -0.2) is 4.98 Å². The van der Waals surface area contributed by atoms with Gasteiger partial charge < -0.3 is 20.9 Å². The summed E-state index contributed by atoms with van der Waals surface area (Å²) in [6, 6.07) is 6.18. The minimum Gasteiger partial charge on any atom is -0.370 e. The Morgan fingerprint density at radius 2 is 2.00 bits per heavy atom. The largest absolute Gasteiger partial charge is 0.370 e. The maximum atomic E-state index is 12.6. The molecule has 162 valence electrons. The van der Waals surface area contributed by atoms with Crippen LogP contribution in [0.3, 0.4) is 0 Å². The molecule has 1 aromatic heterocycles. The predicted molar refractivity (Wildman–Crippen MR) is 129 cm³/mol. The molecule has 0 spiro atoms. The number of unbranched alkanes of at least 4 members (excludes halogenated alkanes) is 1. The van der Waals surface area contributed by atoms with Crippen LogP contribution in [0.15, 0.2) is 29.4 Å². The highest BCUT2D eigenvalue weighted by Gasteiger charge is 2.32. The van der Waals surface area contributed by atoms with Crippen molar-refractivity contribution in [3.8, 4) is 0 Å². The van der Waals surface area contributed by atoms with E-state index in [0.29, 0.717) is 11.9 Å². The Morgan fingerprint density at radius 1 is 1.21 bits per heavy atom. The summed E-state index contributed by atoms with van der Waals surface area (Å²) in [5.41, 5.74) is 0. The second kappa shape index (κ2) is 12.9. The number of carbonyl (C=O) groups is 1. The van der Waals surface area contributed by atoms with Crippen molar-refractivity contribution in [2.45, 2.75) is 51.0 Å². The number of nitrogens with zero attached hydrogens (tertiary/aromatic N) is 3. The number of aromatic nitrogens is 1. The lowest BCUT2D eigenvalue weighted by molar-refractivity contribution is -0.134. The first-order valence-corrected chi connectivity index (χ1v) is 10.7. The van der Waals surface area contributed by atoms with Crippen molar-refractivity contribution < 1.29 is 4.79 Å². The number of aliphatic imine (C=N–C) groups is 1. The van der Waals surface area contributed by atoms with Crippen molar-refractivity contribution in [2.75, 3.05) is 38.5 Å². The summed E-state index contributed by atoms with van der Waals surface area (Å²) >= 11 is 0. The van der Waals surface area contributed by atoms with E-state index in [4.69, 9.17) is 0 Å². The van der Waals surface area contributed by atoms with Gasteiger partial charge in [-0.15, -0.1) is 24.0 Å². The first-order valence-electron chi connectivity index (χ1n) is 10.7. The maximum Gasteiger partial charge on any atom is 0.225 e. The number of hydrogen-bond acceptors (Lipinski definition) is 4. The molecule has 2 heterocycles. The van der Waals surface area contributed by atoms with Crippen LogP contribution in [0.5, 0.6) is 0 Å². The normalized spacial score (nSPS) is 19.7. The third kappa shape index (κ3) is 7.64. The minimum atomic E-state index is 0. The Hall–Kier alpha value is -1.58. The van der Waals surface area contributed by atoms with Crippen LogP contribution in [0.1, 0.15) is 44.9 Å². The Labute approximate surface area is 191 Å². The summed E-state index contributed by atoms with van der Waals surface area (Å²) in [6.45, 7) is 3.44. The zero-order valence-electron chi connectivity index (χ0n) is 17.4. The van der Waals surface area contributed by atoms with Crippen LogP contribution in [0, 0.1) is 5.92 Å². The van der Waals surface area contributed by atoms with Gasteiger partial charge in [-0.1, -0.05) is 18.9 Å². The van der Waals surface area contributed by atoms with Crippen LogP contribution < -0.4 is 16.0 Å². The first kappa shape index (κ1) is 23.7. The van der Waals surface area contributed by atoms with Crippen molar-refractivity contribution >= 4 is 41.7 Å². The highest BCUT2D eigenvalue weighted by atomic mass is 127. The SMILES string of the molecule is CN=C(NCCCCNc1ccccn1)NC1CCN(C(=O)C2CCCC2)C1.I. The van der Waals surface area contributed by atoms with Crippen molar-refractivity contribution in [2.24, 2.45) is 10.9 Å². The lowest BCUT2D eigenvalue weighted by Gasteiger charge is -2.21. The van der Waals surface area contributed by atoms with E-state index >= 15 is 0 Å². The number of rotatable bonds is 8. The van der Waals surface area contributed by atoms with Gasteiger partial charge in [0, 0.05) is 51.4 Å². The summed E-state index contributed by atoms with van der Waals surface area (Å²) in [5, 5.41) is 10.2.